The second-order valence-electron chi connectivity index (χ2n) is 3.95. The topological polar surface area (TPSA) is 64.8 Å². The zero-order chi connectivity index (χ0) is 14.3. The lowest BCUT2D eigenvalue weighted by molar-refractivity contribution is 0.0719. The van der Waals surface area contributed by atoms with Crippen molar-refractivity contribution in [3.63, 3.8) is 0 Å². The number of rotatable bonds is 7. The average Bonchev–Trinajstić information content (AvgIpc) is 2.43. The molecule has 0 unspecified atom stereocenters. The molecule has 5 heteroatoms. The maximum Gasteiger partial charge on any atom is 0.256 e. The normalized spacial score (nSPS) is 10.0. The Bertz CT molecular complexity index is 446. The predicted octanol–water partition coefficient (Wildman–Crippen LogP) is 1.55. The SMILES string of the molecule is C=CCN(CCOC)C(=O)c1cccc(OC)c1N. The van der Waals surface area contributed by atoms with Gasteiger partial charge in [0.25, 0.3) is 5.91 Å². The van der Waals surface area contributed by atoms with Crippen molar-refractivity contribution < 1.29 is 14.3 Å². The zero-order valence-electron chi connectivity index (χ0n) is 11.4. The van der Waals surface area contributed by atoms with Gasteiger partial charge in [0.05, 0.1) is 25.0 Å². The summed E-state index contributed by atoms with van der Waals surface area (Å²) in [5.41, 5.74) is 6.70. The highest BCUT2D eigenvalue weighted by Crippen LogP contribution is 2.25. The third kappa shape index (κ3) is 3.72. The van der Waals surface area contributed by atoms with Gasteiger partial charge in [-0.3, -0.25) is 4.79 Å². The molecule has 0 saturated heterocycles. The van der Waals surface area contributed by atoms with Crippen molar-refractivity contribution in [2.45, 2.75) is 0 Å². The number of anilines is 1. The fraction of sp³-hybridized carbons (Fsp3) is 0.357. The van der Waals surface area contributed by atoms with Crippen molar-refractivity contribution in [2.24, 2.45) is 0 Å². The maximum absolute atomic E-state index is 12.4. The molecule has 0 spiro atoms. The van der Waals surface area contributed by atoms with Gasteiger partial charge in [-0.2, -0.15) is 0 Å². The number of hydrogen-bond acceptors (Lipinski definition) is 4. The standard InChI is InChI=1S/C14H20N2O3/c1-4-8-16(9-10-18-2)14(17)11-6-5-7-12(19-3)13(11)15/h4-7H,1,8-10,15H2,2-3H3. The Labute approximate surface area is 113 Å². The van der Waals surface area contributed by atoms with Gasteiger partial charge in [-0.05, 0) is 12.1 Å². The summed E-state index contributed by atoms with van der Waals surface area (Å²) in [4.78, 5) is 14.0. The number of amides is 1. The Kier molecular flexibility index (Phi) is 5.89. The van der Waals surface area contributed by atoms with Crippen LogP contribution in [0.4, 0.5) is 5.69 Å². The molecule has 104 valence electrons. The number of nitrogens with zero attached hydrogens (tertiary/aromatic N) is 1. The Hall–Kier alpha value is -2.01. The number of ether oxygens (including phenoxy) is 2. The summed E-state index contributed by atoms with van der Waals surface area (Å²) >= 11 is 0. The van der Waals surface area contributed by atoms with E-state index in [0.29, 0.717) is 36.7 Å². The van der Waals surface area contributed by atoms with Crippen LogP contribution in [0.15, 0.2) is 30.9 Å². The minimum Gasteiger partial charge on any atom is -0.495 e. The molecule has 0 bridgehead atoms. The number of benzene rings is 1. The van der Waals surface area contributed by atoms with Crippen LogP contribution in [0, 0.1) is 0 Å². The number of para-hydroxylation sites is 1. The number of methoxy groups -OCH3 is 2. The van der Waals surface area contributed by atoms with E-state index in [4.69, 9.17) is 15.2 Å². The van der Waals surface area contributed by atoms with Gasteiger partial charge >= 0.3 is 0 Å². The van der Waals surface area contributed by atoms with Gasteiger partial charge in [-0.25, -0.2) is 0 Å². The van der Waals surface area contributed by atoms with E-state index >= 15 is 0 Å². The molecule has 0 aliphatic rings. The first-order valence-electron chi connectivity index (χ1n) is 5.97. The van der Waals surface area contributed by atoms with Crippen molar-refractivity contribution in [2.75, 3.05) is 39.6 Å². The second-order valence-corrected chi connectivity index (χ2v) is 3.95. The van der Waals surface area contributed by atoms with Crippen LogP contribution >= 0.6 is 0 Å². The Morgan fingerprint density at radius 1 is 1.47 bits per heavy atom. The van der Waals surface area contributed by atoms with Gasteiger partial charge in [0, 0.05) is 20.2 Å². The third-order valence-corrected chi connectivity index (χ3v) is 2.72. The molecule has 1 amide bonds. The number of nitrogen functional groups attached to an aromatic ring is 1. The lowest BCUT2D eigenvalue weighted by Crippen LogP contribution is -2.34. The predicted molar refractivity (Wildman–Crippen MR) is 75.4 cm³/mol. The van der Waals surface area contributed by atoms with E-state index in [9.17, 15) is 4.79 Å². The Morgan fingerprint density at radius 2 is 2.21 bits per heavy atom. The van der Waals surface area contributed by atoms with Gasteiger partial charge in [-0.15, -0.1) is 6.58 Å². The van der Waals surface area contributed by atoms with Crippen LogP contribution in [-0.4, -0.2) is 44.7 Å². The largest absolute Gasteiger partial charge is 0.495 e. The molecule has 1 rings (SSSR count). The number of hydrogen-bond donors (Lipinski definition) is 1. The molecule has 2 N–H and O–H groups in total. The van der Waals surface area contributed by atoms with Crippen LogP contribution in [0.5, 0.6) is 5.75 Å². The Morgan fingerprint density at radius 3 is 2.79 bits per heavy atom. The van der Waals surface area contributed by atoms with Crippen LogP contribution in [-0.2, 0) is 4.74 Å². The summed E-state index contributed by atoms with van der Waals surface area (Å²) < 4.78 is 10.1. The maximum atomic E-state index is 12.4. The fourth-order valence-electron chi connectivity index (χ4n) is 1.71. The molecule has 0 aromatic heterocycles. The van der Waals surface area contributed by atoms with Gasteiger partial charge in [-0.1, -0.05) is 12.1 Å². The second kappa shape index (κ2) is 7.43. The van der Waals surface area contributed by atoms with Crippen LogP contribution in [0.3, 0.4) is 0 Å². The van der Waals surface area contributed by atoms with Gasteiger partial charge < -0.3 is 20.1 Å². The van der Waals surface area contributed by atoms with E-state index in [2.05, 4.69) is 6.58 Å². The summed E-state index contributed by atoms with van der Waals surface area (Å²) in [6.07, 6.45) is 1.67. The molecule has 0 fully saturated rings. The zero-order valence-corrected chi connectivity index (χ0v) is 11.4. The minimum absolute atomic E-state index is 0.159. The minimum atomic E-state index is -0.159. The van der Waals surface area contributed by atoms with Crippen molar-refractivity contribution >= 4 is 11.6 Å². The highest BCUT2D eigenvalue weighted by Gasteiger charge is 2.18. The van der Waals surface area contributed by atoms with Crippen LogP contribution in [0.25, 0.3) is 0 Å². The van der Waals surface area contributed by atoms with Crippen LogP contribution < -0.4 is 10.5 Å². The van der Waals surface area contributed by atoms with E-state index < -0.39 is 0 Å². The molecular weight excluding hydrogens is 244 g/mol. The highest BCUT2D eigenvalue weighted by molar-refractivity contribution is 6.00. The fourth-order valence-corrected chi connectivity index (χ4v) is 1.71. The average molecular weight is 264 g/mol. The summed E-state index contributed by atoms with van der Waals surface area (Å²) in [6, 6.07) is 5.15. The van der Waals surface area contributed by atoms with Crippen LogP contribution in [0.1, 0.15) is 10.4 Å². The van der Waals surface area contributed by atoms with E-state index in [0.717, 1.165) is 0 Å². The molecule has 0 heterocycles. The van der Waals surface area contributed by atoms with E-state index in [1.807, 2.05) is 0 Å². The third-order valence-electron chi connectivity index (χ3n) is 2.72. The van der Waals surface area contributed by atoms with Gasteiger partial charge in [0.1, 0.15) is 5.75 Å². The van der Waals surface area contributed by atoms with Gasteiger partial charge in [0.2, 0.25) is 0 Å². The number of carbonyl (C=O) groups excluding carboxylic acids is 1. The molecule has 19 heavy (non-hydrogen) atoms. The van der Waals surface area contributed by atoms with Crippen LogP contribution in [0.2, 0.25) is 0 Å². The molecule has 0 atom stereocenters. The molecule has 0 saturated carbocycles. The van der Waals surface area contributed by atoms with Crippen molar-refractivity contribution in [3.8, 4) is 5.75 Å². The first-order chi connectivity index (χ1) is 9.15. The smallest absolute Gasteiger partial charge is 0.256 e. The highest BCUT2D eigenvalue weighted by atomic mass is 16.5. The molecule has 0 aliphatic carbocycles. The summed E-state index contributed by atoms with van der Waals surface area (Å²) in [5, 5.41) is 0. The summed E-state index contributed by atoms with van der Waals surface area (Å²) in [6.45, 7) is 5.04. The Balaban J connectivity index is 2.98. The lowest BCUT2D eigenvalue weighted by atomic mass is 10.1. The molecule has 0 aliphatic heterocycles. The number of carbonyl (C=O) groups is 1. The summed E-state index contributed by atoms with van der Waals surface area (Å²) in [7, 11) is 3.11. The van der Waals surface area contributed by atoms with Crippen molar-refractivity contribution in [3.05, 3.63) is 36.4 Å². The molecule has 0 radical (unpaired) electrons. The molecule has 1 aromatic rings. The molecular formula is C14H20N2O3. The first-order valence-corrected chi connectivity index (χ1v) is 5.97. The monoisotopic (exact) mass is 264 g/mol. The van der Waals surface area contributed by atoms with Crippen molar-refractivity contribution in [1.29, 1.82) is 0 Å². The van der Waals surface area contributed by atoms with Gasteiger partial charge in [0.15, 0.2) is 0 Å². The van der Waals surface area contributed by atoms with Crippen molar-refractivity contribution in [1.82, 2.24) is 4.90 Å². The van der Waals surface area contributed by atoms with E-state index in [-0.39, 0.29) is 5.91 Å². The molecule has 1 aromatic carbocycles. The lowest BCUT2D eigenvalue weighted by Gasteiger charge is -2.22. The molecule has 5 nitrogen and oxygen atoms in total. The van der Waals surface area contributed by atoms with E-state index in [1.54, 1.807) is 36.3 Å². The van der Waals surface area contributed by atoms with E-state index in [1.165, 1.54) is 7.11 Å². The summed E-state index contributed by atoms with van der Waals surface area (Å²) in [5.74, 6) is 0.337. The quantitative estimate of drug-likeness (QED) is 0.599. The first kappa shape index (κ1) is 15.0. The number of nitrogens with two attached hydrogens (primary N) is 1.